The summed E-state index contributed by atoms with van der Waals surface area (Å²) in [7, 11) is 0. The van der Waals surface area contributed by atoms with E-state index in [9.17, 15) is 22.8 Å². The Labute approximate surface area is 153 Å². The Morgan fingerprint density at radius 2 is 1.74 bits per heavy atom. The Hall–Kier alpha value is -3.09. The number of aryl methyl sites for hydroxylation is 1. The lowest BCUT2D eigenvalue weighted by Crippen LogP contribution is -2.55. The van der Waals surface area contributed by atoms with E-state index in [0.29, 0.717) is 5.56 Å². The van der Waals surface area contributed by atoms with Crippen molar-refractivity contribution in [3.63, 3.8) is 0 Å². The van der Waals surface area contributed by atoms with E-state index < -0.39 is 29.9 Å². The monoisotopic (exact) mass is 375 g/mol. The van der Waals surface area contributed by atoms with Crippen LogP contribution in [0.15, 0.2) is 66.4 Å². The van der Waals surface area contributed by atoms with Gasteiger partial charge in [-0.15, -0.1) is 0 Å². The predicted molar refractivity (Wildman–Crippen MR) is 92.2 cm³/mol. The molecule has 1 saturated heterocycles. The van der Waals surface area contributed by atoms with Gasteiger partial charge in [-0.2, -0.15) is 13.2 Å². The quantitative estimate of drug-likeness (QED) is 0.650. The number of halogens is 3. The molecule has 2 aromatic carbocycles. The Balaban J connectivity index is 1.91. The van der Waals surface area contributed by atoms with Gasteiger partial charge >= 0.3 is 6.18 Å². The molecule has 0 aromatic heterocycles. The maximum Gasteiger partial charge on any atom is 0.438 e. The van der Waals surface area contributed by atoms with Crippen LogP contribution in [0, 0.1) is 6.92 Å². The molecule has 140 valence electrons. The van der Waals surface area contributed by atoms with Crippen molar-refractivity contribution in [2.75, 3.05) is 0 Å². The van der Waals surface area contributed by atoms with Gasteiger partial charge in [0.2, 0.25) is 0 Å². The number of amides is 1. The van der Waals surface area contributed by atoms with Gasteiger partial charge in [0.05, 0.1) is 0 Å². The molecule has 4 nitrogen and oxygen atoms in total. The minimum atomic E-state index is -4.96. The van der Waals surface area contributed by atoms with Crippen LogP contribution in [0.2, 0.25) is 0 Å². The molecule has 0 bridgehead atoms. The van der Waals surface area contributed by atoms with E-state index in [0.717, 1.165) is 11.6 Å². The molecular formula is C20H16F3NO3. The van der Waals surface area contributed by atoms with E-state index in [1.807, 2.05) is 0 Å². The zero-order valence-corrected chi connectivity index (χ0v) is 14.3. The highest BCUT2D eigenvalue weighted by atomic mass is 19.4. The normalized spacial score (nSPS) is 21.2. The van der Waals surface area contributed by atoms with E-state index in [-0.39, 0.29) is 11.4 Å². The van der Waals surface area contributed by atoms with E-state index in [4.69, 9.17) is 4.74 Å². The zero-order valence-electron chi connectivity index (χ0n) is 14.3. The molecule has 1 fully saturated rings. The molecule has 1 aliphatic heterocycles. The van der Waals surface area contributed by atoms with E-state index in [1.54, 1.807) is 37.3 Å². The van der Waals surface area contributed by atoms with Crippen molar-refractivity contribution < 1.29 is 27.5 Å². The van der Waals surface area contributed by atoms with Crippen molar-refractivity contribution in [1.29, 1.82) is 0 Å². The van der Waals surface area contributed by atoms with Crippen molar-refractivity contribution in [3.05, 3.63) is 77.5 Å². The molecule has 1 amide bonds. The summed E-state index contributed by atoms with van der Waals surface area (Å²) in [6.45, 7) is 1.78. The van der Waals surface area contributed by atoms with Gasteiger partial charge in [-0.1, -0.05) is 48.0 Å². The third kappa shape index (κ3) is 3.72. The Bertz CT molecular complexity index is 889. The minimum Gasteiger partial charge on any atom is -0.467 e. The van der Waals surface area contributed by atoms with Crippen LogP contribution < -0.4 is 10.1 Å². The molecule has 0 radical (unpaired) electrons. The molecule has 0 saturated carbocycles. The largest absolute Gasteiger partial charge is 0.467 e. The molecule has 27 heavy (non-hydrogen) atoms. The first kappa shape index (κ1) is 18.7. The van der Waals surface area contributed by atoms with Gasteiger partial charge in [-0.25, -0.2) is 0 Å². The standard InChI is InChI=1S/C20H16F3NO3/c1-13-7-9-16(10-8-13)27-19(20(21,22)23)12-15(24-18(19)26)11-17(25)14-5-3-2-4-6-14/h2-11H,12H2,1H3,(H,24,26)/b15-11+/t19-/m1/s1. The number of benzene rings is 2. The third-order valence-electron chi connectivity index (χ3n) is 4.21. The summed E-state index contributed by atoms with van der Waals surface area (Å²) in [5.74, 6) is -1.93. The Morgan fingerprint density at radius 1 is 1.11 bits per heavy atom. The van der Waals surface area contributed by atoms with E-state index in [1.165, 1.54) is 24.3 Å². The highest BCUT2D eigenvalue weighted by Gasteiger charge is 2.66. The maximum absolute atomic E-state index is 13.8. The summed E-state index contributed by atoms with van der Waals surface area (Å²) in [4.78, 5) is 24.4. The number of ether oxygens (including phenoxy) is 1. The van der Waals surface area contributed by atoms with Gasteiger partial charge in [-0.05, 0) is 19.1 Å². The fourth-order valence-corrected chi connectivity index (χ4v) is 2.75. The average Bonchev–Trinajstić information content (AvgIpc) is 2.94. The number of alkyl halides is 3. The molecule has 1 heterocycles. The summed E-state index contributed by atoms with van der Waals surface area (Å²) >= 11 is 0. The van der Waals surface area contributed by atoms with Gasteiger partial charge in [-0.3, -0.25) is 9.59 Å². The molecule has 1 atom stereocenters. The smallest absolute Gasteiger partial charge is 0.438 e. The van der Waals surface area contributed by atoms with Crippen molar-refractivity contribution >= 4 is 11.7 Å². The summed E-state index contributed by atoms with van der Waals surface area (Å²) < 4.78 is 46.4. The lowest BCUT2D eigenvalue weighted by atomic mass is 9.99. The van der Waals surface area contributed by atoms with E-state index >= 15 is 0 Å². The van der Waals surface area contributed by atoms with Crippen LogP contribution >= 0.6 is 0 Å². The minimum absolute atomic E-state index is 0.0799. The first-order chi connectivity index (χ1) is 12.7. The third-order valence-corrected chi connectivity index (χ3v) is 4.21. The predicted octanol–water partition coefficient (Wildman–Crippen LogP) is 3.96. The van der Waals surface area contributed by atoms with Gasteiger partial charge in [0, 0.05) is 23.8 Å². The summed E-state index contributed by atoms with van der Waals surface area (Å²) in [6.07, 6.45) is -4.77. The van der Waals surface area contributed by atoms with Crippen LogP contribution in [0.25, 0.3) is 0 Å². The highest BCUT2D eigenvalue weighted by Crippen LogP contribution is 2.42. The fourth-order valence-electron chi connectivity index (χ4n) is 2.75. The number of hydrogen-bond acceptors (Lipinski definition) is 3. The first-order valence-electron chi connectivity index (χ1n) is 8.15. The first-order valence-corrected chi connectivity index (χ1v) is 8.15. The van der Waals surface area contributed by atoms with Crippen LogP contribution in [-0.2, 0) is 4.79 Å². The number of hydrogen-bond donors (Lipinski definition) is 1. The van der Waals surface area contributed by atoms with Crippen molar-refractivity contribution in [1.82, 2.24) is 5.32 Å². The van der Waals surface area contributed by atoms with Crippen molar-refractivity contribution in [3.8, 4) is 5.75 Å². The molecule has 7 heteroatoms. The van der Waals surface area contributed by atoms with Gasteiger partial charge in [0.25, 0.3) is 11.5 Å². The number of nitrogens with one attached hydrogen (secondary N) is 1. The second kappa shape index (κ2) is 6.90. The van der Waals surface area contributed by atoms with Crippen molar-refractivity contribution in [2.45, 2.75) is 25.1 Å². The van der Waals surface area contributed by atoms with Gasteiger partial charge in [0.1, 0.15) is 5.75 Å². The molecule has 1 aliphatic rings. The highest BCUT2D eigenvalue weighted by molar-refractivity contribution is 6.06. The van der Waals surface area contributed by atoms with Crippen LogP contribution in [0.3, 0.4) is 0 Å². The molecular weight excluding hydrogens is 359 g/mol. The van der Waals surface area contributed by atoms with Crippen LogP contribution in [0.5, 0.6) is 5.75 Å². The number of rotatable bonds is 4. The zero-order chi connectivity index (χ0) is 19.7. The number of allylic oxidation sites excluding steroid dienone is 1. The molecule has 0 spiro atoms. The summed E-state index contributed by atoms with van der Waals surface area (Å²) in [5, 5.41) is 2.14. The summed E-state index contributed by atoms with van der Waals surface area (Å²) in [6, 6.07) is 14.0. The van der Waals surface area contributed by atoms with Crippen LogP contribution in [-0.4, -0.2) is 23.5 Å². The lowest BCUT2D eigenvalue weighted by molar-refractivity contribution is -0.236. The van der Waals surface area contributed by atoms with Crippen molar-refractivity contribution in [2.24, 2.45) is 0 Å². The van der Waals surface area contributed by atoms with E-state index in [2.05, 4.69) is 5.32 Å². The Kier molecular flexibility index (Phi) is 4.78. The van der Waals surface area contributed by atoms with Gasteiger partial charge in [0.15, 0.2) is 5.78 Å². The average molecular weight is 375 g/mol. The topological polar surface area (TPSA) is 55.4 Å². The Morgan fingerprint density at radius 3 is 2.33 bits per heavy atom. The molecule has 0 unspecified atom stereocenters. The number of carbonyl (C=O) groups is 2. The molecule has 1 N–H and O–H groups in total. The molecule has 0 aliphatic carbocycles. The molecule has 3 rings (SSSR count). The summed E-state index contributed by atoms with van der Waals surface area (Å²) in [5.41, 5.74) is -2.07. The number of carbonyl (C=O) groups excluding carboxylic acids is 2. The lowest BCUT2D eigenvalue weighted by Gasteiger charge is -2.29. The van der Waals surface area contributed by atoms with Crippen LogP contribution in [0.1, 0.15) is 22.3 Å². The number of ketones is 1. The van der Waals surface area contributed by atoms with Gasteiger partial charge < -0.3 is 10.1 Å². The second-order valence-electron chi connectivity index (χ2n) is 6.27. The second-order valence-corrected chi connectivity index (χ2v) is 6.27. The SMILES string of the molecule is Cc1ccc(O[C@]2(C(F)(F)F)C/C(=C\C(=O)c3ccccc3)NC2=O)cc1. The molecule has 2 aromatic rings. The maximum atomic E-state index is 13.8. The van der Waals surface area contributed by atoms with Crippen LogP contribution in [0.4, 0.5) is 13.2 Å². The fraction of sp³-hybridized carbons (Fsp3) is 0.200.